The molecule has 0 amide bonds. The molecular formula is C12H14OS. The molecule has 1 aromatic carbocycles. The van der Waals surface area contributed by atoms with Gasteiger partial charge in [0.1, 0.15) is 0 Å². The third-order valence-electron chi connectivity index (χ3n) is 1.88. The normalized spacial score (nSPS) is 12.1. The summed E-state index contributed by atoms with van der Waals surface area (Å²) in [7, 11) is 0. The summed E-state index contributed by atoms with van der Waals surface area (Å²) < 4.78 is 0. The van der Waals surface area contributed by atoms with Crippen molar-refractivity contribution in [1.82, 2.24) is 0 Å². The van der Waals surface area contributed by atoms with Crippen molar-refractivity contribution < 1.29 is 5.11 Å². The second kappa shape index (κ2) is 5.74. The van der Waals surface area contributed by atoms with Crippen LogP contribution in [0.25, 0.3) is 0 Å². The van der Waals surface area contributed by atoms with Gasteiger partial charge in [-0.2, -0.15) is 0 Å². The number of thioether (sulfide) groups is 1. The van der Waals surface area contributed by atoms with Crippen LogP contribution in [0.1, 0.15) is 12.0 Å². The maximum absolute atomic E-state index is 9.44. The van der Waals surface area contributed by atoms with E-state index in [0.717, 1.165) is 0 Å². The van der Waals surface area contributed by atoms with E-state index in [1.807, 2.05) is 12.1 Å². The van der Waals surface area contributed by atoms with Gasteiger partial charge in [0.15, 0.2) is 0 Å². The van der Waals surface area contributed by atoms with E-state index in [9.17, 15) is 5.11 Å². The summed E-state index contributed by atoms with van der Waals surface area (Å²) in [6, 6.07) is 8.14. The minimum absolute atomic E-state index is 0.399. The van der Waals surface area contributed by atoms with Gasteiger partial charge in [-0.05, 0) is 18.6 Å². The average Bonchev–Trinajstić information content (AvgIpc) is 2.17. The molecule has 0 spiro atoms. The Bertz CT molecular complexity index is 327. The van der Waals surface area contributed by atoms with Crippen molar-refractivity contribution in [2.24, 2.45) is 0 Å². The predicted molar refractivity (Wildman–Crippen MR) is 61.4 cm³/mol. The second-order valence-corrected chi connectivity index (χ2v) is 4.20. The molecule has 0 heterocycles. The Balaban J connectivity index is 2.46. The highest BCUT2D eigenvalue weighted by Crippen LogP contribution is 2.22. The highest BCUT2D eigenvalue weighted by molar-refractivity contribution is 7.99. The van der Waals surface area contributed by atoms with Gasteiger partial charge in [-0.1, -0.05) is 18.2 Å². The average molecular weight is 206 g/mol. The van der Waals surface area contributed by atoms with Crippen LogP contribution < -0.4 is 0 Å². The molecular weight excluding hydrogens is 192 g/mol. The Morgan fingerprint density at radius 3 is 2.86 bits per heavy atom. The van der Waals surface area contributed by atoms with Crippen LogP contribution in [-0.4, -0.2) is 17.0 Å². The number of rotatable bonds is 4. The summed E-state index contributed by atoms with van der Waals surface area (Å²) in [5.41, 5.74) is 1.24. The standard InChI is InChI=1S/C12H14OS/c1-3-6-11(13)9-14-12-8-5-4-7-10(12)2/h1,4-5,7-8,11,13H,6,9H2,2H3. The monoisotopic (exact) mass is 206 g/mol. The fourth-order valence-corrected chi connectivity index (χ4v) is 2.06. The Kier molecular flexibility index (Phi) is 4.58. The highest BCUT2D eigenvalue weighted by atomic mass is 32.2. The zero-order valence-corrected chi connectivity index (χ0v) is 9.05. The van der Waals surface area contributed by atoms with Crippen molar-refractivity contribution in [3.63, 3.8) is 0 Å². The third kappa shape index (κ3) is 3.45. The molecule has 0 saturated heterocycles. The first-order valence-corrected chi connectivity index (χ1v) is 5.52. The molecule has 0 fully saturated rings. The molecule has 2 heteroatoms. The first-order chi connectivity index (χ1) is 6.74. The van der Waals surface area contributed by atoms with E-state index in [-0.39, 0.29) is 0 Å². The first kappa shape index (κ1) is 11.2. The van der Waals surface area contributed by atoms with Crippen LogP contribution in [0.2, 0.25) is 0 Å². The van der Waals surface area contributed by atoms with E-state index in [0.29, 0.717) is 12.2 Å². The predicted octanol–water partition coefficient (Wildman–Crippen LogP) is 2.47. The van der Waals surface area contributed by atoms with Crippen molar-refractivity contribution in [2.75, 3.05) is 5.75 Å². The van der Waals surface area contributed by atoms with E-state index in [2.05, 4.69) is 25.0 Å². The molecule has 1 rings (SSSR count). The van der Waals surface area contributed by atoms with Gasteiger partial charge in [-0.3, -0.25) is 0 Å². The second-order valence-electron chi connectivity index (χ2n) is 3.14. The quantitative estimate of drug-likeness (QED) is 0.603. The Hall–Kier alpha value is -0.910. The van der Waals surface area contributed by atoms with Crippen LogP contribution in [0.5, 0.6) is 0 Å². The van der Waals surface area contributed by atoms with E-state index in [4.69, 9.17) is 6.42 Å². The number of hydrogen-bond donors (Lipinski definition) is 1. The number of benzene rings is 1. The summed E-state index contributed by atoms with van der Waals surface area (Å²) in [5.74, 6) is 3.12. The van der Waals surface area contributed by atoms with Crippen LogP contribution in [0.3, 0.4) is 0 Å². The molecule has 0 saturated carbocycles. The summed E-state index contributed by atoms with van der Waals surface area (Å²) in [6.45, 7) is 2.07. The molecule has 1 nitrogen and oxygen atoms in total. The smallest absolute Gasteiger partial charge is 0.0743 e. The fraction of sp³-hybridized carbons (Fsp3) is 0.333. The lowest BCUT2D eigenvalue weighted by Gasteiger charge is -2.08. The lowest BCUT2D eigenvalue weighted by Crippen LogP contribution is -2.08. The largest absolute Gasteiger partial charge is 0.391 e. The van der Waals surface area contributed by atoms with Crippen molar-refractivity contribution in [2.45, 2.75) is 24.3 Å². The maximum Gasteiger partial charge on any atom is 0.0743 e. The molecule has 1 N–H and O–H groups in total. The summed E-state index contributed by atoms with van der Waals surface area (Å²) in [6.07, 6.45) is 5.14. The summed E-state index contributed by atoms with van der Waals surface area (Å²) in [5, 5.41) is 9.44. The van der Waals surface area contributed by atoms with Gasteiger partial charge < -0.3 is 5.11 Å². The third-order valence-corrected chi connectivity index (χ3v) is 3.20. The van der Waals surface area contributed by atoms with Crippen molar-refractivity contribution in [3.05, 3.63) is 29.8 Å². The molecule has 0 aliphatic rings. The van der Waals surface area contributed by atoms with E-state index >= 15 is 0 Å². The number of terminal acetylenes is 1. The Morgan fingerprint density at radius 1 is 1.50 bits per heavy atom. The number of aryl methyl sites for hydroxylation is 1. The zero-order chi connectivity index (χ0) is 10.4. The Labute approximate surface area is 89.5 Å². The number of aliphatic hydroxyl groups is 1. The summed E-state index contributed by atoms with van der Waals surface area (Å²) in [4.78, 5) is 1.21. The van der Waals surface area contributed by atoms with Gasteiger partial charge in [0, 0.05) is 17.1 Å². The maximum atomic E-state index is 9.44. The lowest BCUT2D eigenvalue weighted by atomic mass is 10.2. The lowest BCUT2D eigenvalue weighted by molar-refractivity contribution is 0.205. The van der Waals surface area contributed by atoms with Crippen molar-refractivity contribution in [3.8, 4) is 12.3 Å². The van der Waals surface area contributed by atoms with Crippen LogP contribution in [0.15, 0.2) is 29.2 Å². The molecule has 0 aliphatic heterocycles. The van der Waals surface area contributed by atoms with Gasteiger partial charge in [0.25, 0.3) is 0 Å². The van der Waals surface area contributed by atoms with Gasteiger partial charge in [0.2, 0.25) is 0 Å². The minimum Gasteiger partial charge on any atom is -0.391 e. The number of aliphatic hydroxyl groups excluding tert-OH is 1. The molecule has 14 heavy (non-hydrogen) atoms. The van der Waals surface area contributed by atoms with E-state index < -0.39 is 6.10 Å². The minimum atomic E-state index is -0.399. The molecule has 1 atom stereocenters. The highest BCUT2D eigenvalue weighted by Gasteiger charge is 2.04. The van der Waals surface area contributed by atoms with Gasteiger partial charge in [-0.15, -0.1) is 24.1 Å². The van der Waals surface area contributed by atoms with Crippen LogP contribution in [0, 0.1) is 19.3 Å². The van der Waals surface area contributed by atoms with Gasteiger partial charge in [-0.25, -0.2) is 0 Å². The summed E-state index contributed by atoms with van der Waals surface area (Å²) >= 11 is 1.65. The molecule has 1 aromatic rings. The Morgan fingerprint density at radius 2 is 2.21 bits per heavy atom. The van der Waals surface area contributed by atoms with Gasteiger partial charge >= 0.3 is 0 Å². The van der Waals surface area contributed by atoms with Crippen LogP contribution >= 0.6 is 11.8 Å². The topological polar surface area (TPSA) is 20.2 Å². The van der Waals surface area contributed by atoms with Gasteiger partial charge in [0.05, 0.1) is 6.10 Å². The molecule has 0 radical (unpaired) electrons. The van der Waals surface area contributed by atoms with Crippen LogP contribution in [0.4, 0.5) is 0 Å². The first-order valence-electron chi connectivity index (χ1n) is 4.54. The van der Waals surface area contributed by atoms with E-state index in [1.165, 1.54) is 10.5 Å². The molecule has 74 valence electrons. The molecule has 0 bridgehead atoms. The molecule has 1 unspecified atom stereocenters. The van der Waals surface area contributed by atoms with E-state index in [1.54, 1.807) is 11.8 Å². The van der Waals surface area contributed by atoms with Crippen molar-refractivity contribution >= 4 is 11.8 Å². The molecule has 0 aliphatic carbocycles. The van der Waals surface area contributed by atoms with Crippen LogP contribution in [-0.2, 0) is 0 Å². The zero-order valence-electron chi connectivity index (χ0n) is 8.23. The fourth-order valence-electron chi connectivity index (χ4n) is 1.10. The SMILES string of the molecule is C#CCC(O)CSc1ccccc1C. The van der Waals surface area contributed by atoms with Crippen molar-refractivity contribution in [1.29, 1.82) is 0 Å². The molecule has 0 aromatic heterocycles. The number of hydrogen-bond acceptors (Lipinski definition) is 2.